The van der Waals surface area contributed by atoms with Gasteiger partial charge in [0.25, 0.3) is 0 Å². The van der Waals surface area contributed by atoms with E-state index in [2.05, 4.69) is 4.74 Å². The lowest BCUT2D eigenvalue weighted by Crippen LogP contribution is -2.22. The second-order valence-electron chi connectivity index (χ2n) is 7.03. The number of rotatable bonds is 4. The molecular formula is C16H22F3NO. The van der Waals surface area contributed by atoms with Crippen LogP contribution in [-0.4, -0.2) is 11.9 Å². The van der Waals surface area contributed by atoms with Crippen molar-refractivity contribution in [2.75, 3.05) is 0 Å². The predicted octanol–water partition coefficient (Wildman–Crippen LogP) is 4.31. The first-order valence-electron chi connectivity index (χ1n) is 7.16. The van der Waals surface area contributed by atoms with E-state index in [4.69, 9.17) is 5.73 Å². The molecule has 1 aliphatic carbocycles. The van der Waals surface area contributed by atoms with Gasteiger partial charge in [0.05, 0.1) is 0 Å². The van der Waals surface area contributed by atoms with E-state index in [1.54, 1.807) is 0 Å². The largest absolute Gasteiger partial charge is 0.573 e. The van der Waals surface area contributed by atoms with Gasteiger partial charge >= 0.3 is 6.36 Å². The number of hydrogen-bond donors (Lipinski definition) is 1. The Bertz CT molecular complexity index is 513. The molecule has 0 spiro atoms. The monoisotopic (exact) mass is 301 g/mol. The minimum Gasteiger partial charge on any atom is -0.406 e. The maximum atomic E-state index is 12.4. The van der Waals surface area contributed by atoms with E-state index in [0.29, 0.717) is 6.42 Å². The Balaban J connectivity index is 2.23. The van der Waals surface area contributed by atoms with Crippen LogP contribution in [0.3, 0.4) is 0 Å². The van der Waals surface area contributed by atoms with Gasteiger partial charge in [-0.25, -0.2) is 0 Å². The molecule has 1 aromatic carbocycles. The third-order valence-corrected chi connectivity index (χ3v) is 3.87. The lowest BCUT2D eigenvalue weighted by atomic mass is 9.85. The van der Waals surface area contributed by atoms with Crippen molar-refractivity contribution < 1.29 is 17.9 Å². The molecule has 21 heavy (non-hydrogen) atoms. The second kappa shape index (κ2) is 5.20. The Hall–Kier alpha value is -1.23. The summed E-state index contributed by atoms with van der Waals surface area (Å²) in [6, 6.07) is 4.88. The van der Waals surface area contributed by atoms with Crippen molar-refractivity contribution in [2.24, 2.45) is 5.73 Å². The number of benzene rings is 1. The van der Waals surface area contributed by atoms with Crippen LogP contribution in [0.5, 0.6) is 5.75 Å². The van der Waals surface area contributed by atoms with Crippen molar-refractivity contribution in [1.29, 1.82) is 0 Å². The van der Waals surface area contributed by atoms with E-state index in [1.807, 2.05) is 26.8 Å². The number of ether oxygens (including phenoxy) is 1. The molecule has 5 heteroatoms. The Labute approximate surface area is 123 Å². The predicted molar refractivity (Wildman–Crippen MR) is 76.3 cm³/mol. The summed E-state index contributed by atoms with van der Waals surface area (Å²) in [6.45, 7) is 5.90. The fourth-order valence-electron chi connectivity index (χ4n) is 2.23. The molecule has 1 fully saturated rings. The van der Waals surface area contributed by atoms with E-state index >= 15 is 0 Å². The maximum absolute atomic E-state index is 12.4. The van der Waals surface area contributed by atoms with Crippen molar-refractivity contribution >= 4 is 0 Å². The van der Waals surface area contributed by atoms with E-state index in [-0.39, 0.29) is 16.7 Å². The molecule has 118 valence electrons. The average Bonchev–Trinajstić information content (AvgIpc) is 3.02. The summed E-state index contributed by atoms with van der Waals surface area (Å²) < 4.78 is 41.4. The van der Waals surface area contributed by atoms with E-state index in [0.717, 1.165) is 30.4 Å². The topological polar surface area (TPSA) is 35.2 Å². The Morgan fingerprint density at radius 1 is 1.14 bits per heavy atom. The van der Waals surface area contributed by atoms with Gasteiger partial charge in [-0.1, -0.05) is 26.8 Å². The molecule has 0 aliphatic heterocycles. The molecule has 2 nitrogen and oxygen atoms in total. The summed E-state index contributed by atoms with van der Waals surface area (Å²) in [5.74, 6) is -0.146. The van der Waals surface area contributed by atoms with Gasteiger partial charge in [0, 0.05) is 5.54 Å². The van der Waals surface area contributed by atoms with Crippen LogP contribution in [-0.2, 0) is 11.8 Å². The molecule has 1 saturated carbocycles. The molecule has 0 radical (unpaired) electrons. The Kier molecular flexibility index (Phi) is 4.00. The minimum atomic E-state index is -4.67. The van der Waals surface area contributed by atoms with Crippen molar-refractivity contribution in [1.82, 2.24) is 0 Å². The minimum absolute atomic E-state index is 0.108. The standard InChI is InChI=1S/C16H22F3NO/c1-14(2,3)12-8-11(4-5-15(20)6-7-15)9-13(10-12)21-16(17,18)19/h8-10H,4-7,20H2,1-3H3. The summed E-state index contributed by atoms with van der Waals surface area (Å²) >= 11 is 0. The lowest BCUT2D eigenvalue weighted by molar-refractivity contribution is -0.274. The zero-order valence-corrected chi connectivity index (χ0v) is 12.7. The molecule has 0 aromatic heterocycles. The van der Waals surface area contributed by atoms with Crippen LogP contribution in [0.1, 0.15) is 51.2 Å². The fourth-order valence-corrected chi connectivity index (χ4v) is 2.23. The first kappa shape index (κ1) is 16.1. The Morgan fingerprint density at radius 3 is 2.24 bits per heavy atom. The molecule has 0 unspecified atom stereocenters. The molecule has 1 aromatic rings. The maximum Gasteiger partial charge on any atom is 0.573 e. The molecule has 0 saturated heterocycles. The summed E-state index contributed by atoms with van der Waals surface area (Å²) in [4.78, 5) is 0. The highest BCUT2D eigenvalue weighted by Crippen LogP contribution is 2.37. The zero-order chi connectivity index (χ0) is 15.9. The molecule has 0 atom stereocenters. The number of aryl methyl sites for hydroxylation is 1. The van der Waals surface area contributed by atoms with E-state index in [1.165, 1.54) is 12.1 Å². The Morgan fingerprint density at radius 2 is 1.76 bits per heavy atom. The van der Waals surface area contributed by atoms with E-state index < -0.39 is 6.36 Å². The summed E-state index contributed by atoms with van der Waals surface area (Å²) in [7, 11) is 0. The SMILES string of the molecule is CC(C)(C)c1cc(CCC2(N)CC2)cc(OC(F)(F)F)c1. The van der Waals surface area contributed by atoms with Gasteiger partial charge in [-0.3, -0.25) is 0 Å². The smallest absolute Gasteiger partial charge is 0.406 e. The third-order valence-electron chi connectivity index (χ3n) is 3.87. The first-order valence-corrected chi connectivity index (χ1v) is 7.16. The fraction of sp³-hybridized carbons (Fsp3) is 0.625. The van der Waals surface area contributed by atoms with Crippen molar-refractivity contribution in [2.45, 2.75) is 63.8 Å². The van der Waals surface area contributed by atoms with Crippen LogP contribution in [0.4, 0.5) is 13.2 Å². The molecule has 0 amide bonds. The normalized spacial score (nSPS) is 17.7. The number of halogens is 3. The number of nitrogens with two attached hydrogens (primary N) is 1. The highest BCUT2D eigenvalue weighted by atomic mass is 19.4. The molecule has 1 aliphatic rings. The van der Waals surface area contributed by atoms with Gasteiger partial charge in [0.1, 0.15) is 5.75 Å². The molecule has 0 bridgehead atoms. The van der Waals surface area contributed by atoms with Crippen LogP contribution >= 0.6 is 0 Å². The van der Waals surface area contributed by atoms with Crippen molar-refractivity contribution in [3.05, 3.63) is 29.3 Å². The molecule has 0 heterocycles. The third kappa shape index (κ3) is 4.92. The van der Waals surface area contributed by atoms with Gasteiger partial charge in [-0.2, -0.15) is 0 Å². The zero-order valence-electron chi connectivity index (χ0n) is 12.7. The van der Waals surface area contributed by atoms with Crippen molar-refractivity contribution in [3.63, 3.8) is 0 Å². The van der Waals surface area contributed by atoms with Crippen LogP contribution in [0.2, 0.25) is 0 Å². The number of alkyl halides is 3. The molecule has 2 N–H and O–H groups in total. The quantitative estimate of drug-likeness (QED) is 0.899. The van der Waals surface area contributed by atoms with Crippen LogP contribution in [0, 0.1) is 0 Å². The summed E-state index contributed by atoms with van der Waals surface area (Å²) in [6.07, 6.45) is -1.20. The highest BCUT2D eigenvalue weighted by molar-refractivity contribution is 5.38. The second-order valence-corrected chi connectivity index (χ2v) is 7.03. The molecular weight excluding hydrogens is 279 g/mol. The summed E-state index contributed by atoms with van der Waals surface area (Å²) in [5, 5.41) is 0. The summed E-state index contributed by atoms with van der Waals surface area (Å²) in [5.41, 5.74) is 7.38. The molecule has 2 rings (SSSR count). The first-order chi connectivity index (χ1) is 9.47. The van der Waals surface area contributed by atoms with Gasteiger partial charge in [0.15, 0.2) is 0 Å². The lowest BCUT2D eigenvalue weighted by Gasteiger charge is -2.22. The van der Waals surface area contributed by atoms with Crippen LogP contribution in [0.25, 0.3) is 0 Å². The average molecular weight is 301 g/mol. The van der Waals surface area contributed by atoms with Gasteiger partial charge in [0.2, 0.25) is 0 Å². The van der Waals surface area contributed by atoms with Crippen LogP contribution in [0.15, 0.2) is 18.2 Å². The number of hydrogen-bond acceptors (Lipinski definition) is 2. The van der Waals surface area contributed by atoms with Gasteiger partial charge in [-0.05, 0) is 54.4 Å². The van der Waals surface area contributed by atoms with Gasteiger partial charge in [-0.15, -0.1) is 13.2 Å². The van der Waals surface area contributed by atoms with Gasteiger partial charge < -0.3 is 10.5 Å². The van der Waals surface area contributed by atoms with Crippen molar-refractivity contribution in [3.8, 4) is 5.75 Å². The highest BCUT2D eigenvalue weighted by Gasteiger charge is 2.37. The van der Waals surface area contributed by atoms with Crippen LogP contribution < -0.4 is 10.5 Å². The van der Waals surface area contributed by atoms with E-state index in [9.17, 15) is 13.2 Å².